The number of nitrogens with one attached hydrogen (secondary N) is 2. The van der Waals surface area contributed by atoms with Crippen molar-refractivity contribution in [3.8, 4) is 0 Å². The van der Waals surface area contributed by atoms with Gasteiger partial charge in [-0.2, -0.15) is 13.2 Å². The molecule has 0 unspecified atom stereocenters. The molecule has 0 atom stereocenters. The lowest BCUT2D eigenvalue weighted by Gasteiger charge is -2.26. The molecule has 1 heterocycles. The Labute approximate surface area is 174 Å². The SMILES string of the molecule is CN=C(NCc1ccc(CN2CCOCC2)cc1)NCc1cccc(C(F)(F)F)c1. The molecule has 2 aromatic rings. The minimum atomic E-state index is -4.34. The number of benzene rings is 2. The number of hydrogen-bond acceptors (Lipinski definition) is 3. The predicted octanol–water partition coefficient (Wildman–Crippen LogP) is 3.40. The van der Waals surface area contributed by atoms with Crippen LogP contribution in [-0.4, -0.2) is 44.2 Å². The van der Waals surface area contributed by atoms with Gasteiger partial charge in [-0.15, -0.1) is 0 Å². The maximum Gasteiger partial charge on any atom is 0.416 e. The second kappa shape index (κ2) is 10.4. The van der Waals surface area contributed by atoms with Crippen molar-refractivity contribution in [3.63, 3.8) is 0 Å². The summed E-state index contributed by atoms with van der Waals surface area (Å²) in [6.45, 7) is 5.22. The Kier molecular flexibility index (Phi) is 7.70. The van der Waals surface area contributed by atoms with Gasteiger partial charge in [0, 0.05) is 39.8 Å². The van der Waals surface area contributed by atoms with Crippen LogP contribution in [0.1, 0.15) is 22.3 Å². The highest BCUT2D eigenvalue weighted by Crippen LogP contribution is 2.29. The highest BCUT2D eigenvalue weighted by atomic mass is 19.4. The number of hydrogen-bond donors (Lipinski definition) is 2. The molecule has 30 heavy (non-hydrogen) atoms. The molecule has 0 aromatic heterocycles. The van der Waals surface area contributed by atoms with Crippen LogP contribution >= 0.6 is 0 Å². The summed E-state index contributed by atoms with van der Waals surface area (Å²) in [5, 5.41) is 6.24. The molecule has 5 nitrogen and oxygen atoms in total. The van der Waals surface area contributed by atoms with E-state index in [9.17, 15) is 13.2 Å². The van der Waals surface area contributed by atoms with E-state index >= 15 is 0 Å². The Morgan fingerprint density at radius 3 is 2.23 bits per heavy atom. The quantitative estimate of drug-likeness (QED) is 0.556. The first-order valence-corrected chi connectivity index (χ1v) is 9.92. The van der Waals surface area contributed by atoms with Crippen LogP contribution in [0.4, 0.5) is 13.2 Å². The van der Waals surface area contributed by atoms with Crippen molar-refractivity contribution in [2.75, 3.05) is 33.4 Å². The van der Waals surface area contributed by atoms with Gasteiger partial charge < -0.3 is 15.4 Å². The summed E-state index contributed by atoms with van der Waals surface area (Å²) in [4.78, 5) is 6.51. The normalized spacial score (nSPS) is 15.8. The first kappa shape index (κ1) is 22.1. The summed E-state index contributed by atoms with van der Waals surface area (Å²) < 4.78 is 43.9. The third-order valence-corrected chi connectivity index (χ3v) is 4.93. The van der Waals surface area contributed by atoms with E-state index in [-0.39, 0.29) is 6.54 Å². The molecule has 0 saturated carbocycles. The monoisotopic (exact) mass is 420 g/mol. The Balaban J connectivity index is 1.47. The average Bonchev–Trinajstić information content (AvgIpc) is 2.75. The maximum atomic E-state index is 12.8. The van der Waals surface area contributed by atoms with Gasteiger partial charge in [0.2, 0.25) is 0 Å². The Morgan fingerprint density at radius 2 is 1.60 bits per heavy atom. The molecule has 3 rings (SSSR count). The van der Waals surface area contributed by atoms with Gasteiger partial charge in [0.15, 0.2) is 5.96 Å². The number of morpholine rings is 1. The van der Waals surface area contributed by atoms with Crippen LogP contribution < -0.4 is 10.6 Å². The number of alkyl halides is 3. The molecule has 1 aliphatic rings. The van der Waals surface area contributed by atoms with Gasteiger partial charge in [-0.1, -0.05) is 36.4 Å². The van der Waals surface area contributed by atoms with Crippen LogP contribution in [0.2, 0.25) is 0 Å². The lowest BCUT2D eigenvalue weighted by atomic mass is 10.1. The largest absolute Gasteiger partial charge is 0.416 e. The number of nitrogens with zero attached hydrogens (tertiary/aromatic N) is 2. The van der Waals surface area contributed by atoms with Crippen LogP contribution in [0.15, 0.2) is 53.5 Å². The van der Waals surface area contributed by atoms with Crippen molar-refractivity contribution < 1.29 is 17.9 Å². The summed E-state index contributed by atoms with van der Waals surface area (Å²) in [5.41, 5.74) is 2.25. The summed E-state index contributed by atoms with van der Waals surface area (Å²) in [7, 11) is 1.63. The number of ether oxygens (including phenoxy) is 1. The van der Waals surface area contributed by atoms with E-state index in [1.54, 1.807) is 13.1 Å². The van der Waals surface area contributed by atoms with E-state index in [2.05, 4.69) is 44.8 Å². The standard InChI is InChI=1S/C22H27F3N4O/c1-26-21(28-15-19-3-2-4-20(13-19)22(23,24)25)27-14-17-5-7-18(8-6-17)16-29-9-11-30-12-10-29/h2-8,13H,9-12,14-16H2,1H3,(H2,26,27,28). The average molecular weight is 420 g/mol. The van der Waals surface area contributed by atoms with Gasteiger partial charge in [0.25, 0.3) is 0 Å². The maximum absolute atomic E-state index is 12.8. The zero-order valence-electron chi connectivity index (χ0n) is 17.0. The van der Waals surface area contributed by atoms with Crippen LogP contribution in [0.3, 0.4) is 0 Å². The molecule has 8 heteroatoms. The summed E-state index contributed by atoms with van der Waals surface area (Å²) in [5.74, 6) is 0.532. The van der Waals surface area contributed by atoms with Crippen molar-refractivity contribution >= 4 is 5.96 Å². The highest BCUT2D eigenvalue weighted by molar-refractivity contribution is 5.79. The fraction of sp³-hybridized carbons (Fsp3) is 0.409. The smallest absolute Gasteiger partial charge is 0.379 e. The summed E-state index contributed by atoms with van der Waals surface area (Å²) in [6.07, 6.45) is -4.34. The highest BCUT2D eigenvalue weighted by Gasteiger charge is 2.30. The van der Waals surface area contributed by atoms with Crippen molar-refractivity contribution in [3.05, 3.63) is 70.8 Å². The van der Waals surface area contributed by atoms with Gasteiger partial charge >= 0.3 is 6.18 Å². The lowest BCUT2D eigenvalue weighted by Crippen LogP contribution is -2.36. The molecule has 162 valence electrons. The van der Waals surface area contributed by atoms with Crippen molar-refractivity contribution in [1.82, 2.24) is 15.5 Å². The molecule has 0 spiro atoms. The van der Waals surface area contributed by atoms with E-state index in [0.717, 1.165) is 50.5 Å². The third-order valence-electron chi connectivity index (χ3n) is 4.93. The van der Waals surface area contributed by atoms with Gasteiger partial charge in [-0.3, -0.25) is 9.89 Å². The number of aliphatic imine (C=N–C) groups is 1. The van der Waals surface area contributed by atoms with E-state index in [4.69, 9.17) is 4.74 Å². The van der Waals surface area contributed by atoms with E-state index in [1.807, 2.05) is 0 Å². The molecule has 1 aliphatic heterocycles. The van der Waals surface area contributed by atoms with Crippen LogP contribution in [0.5, 0.6) is 0 Å². The van der Waals surface area contributed by atoms with Crippen LogP contribution in [0, 0.1) is 0 Å². The van der Waals surface area contributed by atoms with Crippen molar-refractivity contribution in [2.45, 2.75) is 25.8 Å². The lowest BCUT2D eigenvalue weighted by molar-refractivity contribution is -0.137. The molecule has 1 fully saturated rings. The Hall–Kier alpha value is -2.58. The van der Waals surface area contributed by atoms with Crippen molar-refractivity contribution in [1.29, 1.82) is 0 Å². The van der Waals surface area contributed by atoms with Gasteiger partial charge in [0.05, 0.1) is 18.8 Å². The minimum absolute atomic E-state index is 0.252. The van der Waals surface area contributed by atoms with Crippen molar-refractivity contribution in [2.24, 2.45) is 4.99 Å². The molecule has 0 amide bonds. The second-order valence-electron chi connectivity index (χ2n) is 7.18. The first-order valence-electron chi connectivity index (χ1n) is 9.92. The van der Waals surface area contributed by atoms with Crippen LogP contribution in [-0.2, 0) is 30.5 Å². The Morgan fingerprint density at radius 1 is 0.967 bits per heavy atom. The molecule has 2 N–H and O–H groups in total. The summed E-state index contributed by atoms with van der Waals surface area (Å²) in [6, 6.07) is 13.7. The number of guanidine groups is 1. The zero-order valence-corrected chi connectivity index (χ0v) is 17.0. The van der Waals surface area contributed by atoms with E-state index in [1.165, 1.54) is 11.6 Å². The molecular formula is C22H27F3N4O. The van der Waals surface area contributed by atoms with Crippen LogP contribution in [0.25, 0.3) is 0 Å². The molecule has 1 saturated heterocycles. The van der Waals surface area contributed by atoms with Gasteiger partial charge in [0.1, 0.15) is 0 Å². The molecule has 0 radical (unpaired) electrons. The zero-order chi connectivity index (χ0) is 21.4. The van der Waals surface area contributed by atoms with E-state index < -0.39 is 11.7 Å². The van der Waals surface area contributed by atoms with E-state index in [0.29, 0.717) is 18.1 Å². The summed E-state index contributed by atoms with van der Waals surface area (Å²) >= 11 is 0. The first-order chi connectivity index (χ1) is 14.4. The Bertz CT molecular complexity index is 831. The third kappa shape index (κ3) is 6.74. The fourth-order valence-corrected chi connectivity index (χ4v) is 3.23. The number of rotatable bonds is 6. The van der Waals surface area contributed by atoms with Gasteiger partial charge in [-0.05, 0) is 28.8 Å². The topological polar surface area (TPSA) is 48.9 Å². The molecular weight excluding hydrogens is 393 g/mol. The predicted molar refractivity (Wildman–Crippen MR) is 111 cm³/mol. The molecule has 2 aromatic carbocycles. The molecule has 0 aliphatic carbocycles. The molecule has 0 bridgehead atoms. The number of halogens is 3. The van der Waals surface area contributed by atoms with Gasteiger partial charge in [-0.25, -0.2) is 0 Å². The fourth-order valence-electron chi connectivity index (χ4n) is 3.23. The second-order valence-corrected chi connectivity index (χ2v) is 7.18. The minimum Gasteiger partial charge on any atom is -0.379 e.